The normalized spacial score (nSPS) is 12.1. The van der Waals surface area contributed by atoms with Gasteiger partial charge < -0.3 is 9.52 Å². The number of carboxylic acid groups (broad SMARTS) is 1. The third-order valence-corrected chi connectivity index (χ3v) is 2.84. The van der Waals surface area contributed by atoms with Gasteiger partial charge in [-0.05, 0) is 13.0 Å². The molecule has 92 valence electrons. The van der Waals surface area contributed by atoms with Gasteiger partial charge in [-0.15, -0.1) is 12.4 Å². The van der Waals surface area contributed by atoms with Crippen LogP contribution in [0.4, 0.5) is 0 Å². The maximum Gasteiger partial charge on any atom is 0.310 e. The van der Waals surface area contributed by atoms with Crippen LogP contribution >= 0.6 is 12.4 Å². The molecule has 0 saturated carbocycles. The van der Waals surface area contributed by atoms with Crippen molar-refractivity contribution in [1.29, 1.82) is 0 Å². The Morgan fingerprint density at radius 1 is 1.41 bits per heavy atom. The Bertz CT molecular complexity index is 530. The average molecular weight is 255 g/mol. The molecule has 1 unspecified atom stereocenters. The minimum absolute atomic E-state index is 0. The first-order chi connectivity index (χ1) is 7.65. The molecule has 0 spiro atoms. The standard InChI is InChI=1S/C13H14O3.ClH/c1-3-10-12(8(2)13(14)15)9-6-4-5-7-11(9)16-10;/h4-8H,3H2,1-2H3,(H,14,15);1H. The van der Waals surface area contributed by atoms with Crippen LogP contribution in [0.1, 0.15) is 31.1 Å². The predicted molar refractivity (Wildman–Crippen MR) is 68.9 cm³/mol. The lowest BCUT2D eigenvalue weighted by molar-refractivity contribution is -0.138. The highest BCUT2D eigenvalue weighted by molar-refractivity contribution is 5.88. The Morgan fingerprint density at radius 2 is 2.06 bits per heavy atom. The molecule has 0 aliphatic rings. The van der Waals surface area contributed by atoms with Crippen LogP contribution in [-0.2, 0) is 11.2 Å². The largest absolute Gasteiger partial charge is 0.481 e. The van der Waals surface area contributed by atoms with Crippen LogP contribution in [0, 0.1) is 0 Å². The van der Waals surface area contributed by atoms with Crippen LogP contribution in [0.25, 0.3) is 11.0 Å². The second-order valence-electron chi connectivity index (χ2n) is 3.85. The van der Waals surface area contributed by atoms with E-state index >= 15 is 0 Å². The van der Waals surface area contributed by atoms with Gasteiger partial charge in [0.25, 0.3) is 0 Å². The van der Waals surface area contributed by atoms with E-state index in [9.17, 15) is 4.79 Å². The summed E-state index contributed by atoms with van der Waals surface area (Å²) in [6, 6.07) is 7.56. The topological polar surface area (TPSA) is 50.4 Å². The second kappa shape index (κ2) is 5.23. The average Bonchev–Trinajstić information content (AvgIpc) is 2.66. The quantitative estimate of drug-likeness (QED) is 0.910. The van der Waals surface area contributed by atoms with Gasteiger partial charge in [-0.25, -0.2) is 0 Å². The van der Waals surface area contributed by atoms with E-state index < -0.39 is 11.9 Å². The summed E-state index contributed by atoms with van der Waals surface area (Å²) in [6.07, 6.45) is 0.710. The molecule has 0 saturated heterocycles. The van der Waals surface area contributed by atoms with Crippen molar-refractivity contribution in [3.63, 3.8) is 0 Å². The molecule has 4 heteroatoms. The number of rotatable bonds is 3. The molecule has 0 fully saturated rings. The molecule has 0 amide bonds. The number of hydrogen-bond donors (Lipinski definition) is 1. The van der Waals surface area contributed by atoms with Gasteiger partial charge in [0.2, 0.25) is 0 Å². The van der Waals surface area contributed by atoms with Gasteiger partial charge in [0, 0.05) is 17.4 Å². The van der Waals surface area contributed by atoms with E-state index in [0.29, 0.717) is 6.42 Å². The van der Waals surface area contributed by atoms with Crippen LogP contribution in [-0.4, -0.2) is 11.1 Å². The van der Waals surface area contributed by atoms with Crippen molar-refractivity contribution in [3.8, 4) is 0 Å². The molecule has 17 heavy (non-hydrogen) atoms. The Hall–Kier alpha value is -1.48. The predicted octanol–water partition coefficient (Wildman–Crippen LogP) is 3.61. The van der Waals surface area contributed by atoms with E-state index in [-0.39, 0.29) is 12.4 Å². The lowest BCUT2D eigenvalue weighted by Gasteiger charge is -2.05. The fourth-order valence-electron chi connectivity index (χ4n) is 1.98. The van der Waals surface area contributed by atoms with Crippen LogP contribution in [0.5, 0.6) is 0 Å². The highest BCUT2D eigenvalue weighted by Gasteiger charge is 2.23. The molecule has 0 bridgehead atoms. The zero-order valence-corrected chi connectivity index (χ0v) is 10.6. The maximum atomic E-state index is 11.1. The number of furan rings is 1. The summed E-state index contributed by atoms with van der Waals surface area (Å²) in [4.78, 5) is 11.1. The summed E-state index contributed by atoms with van der Waals surface area (Å²) in [5.41, 5.74) is 1.58. The number of benzene rings is 1. The Kier molecular flexibility index (Phi) is 4.18. The third kappa shape index (κ3) is 2.29. The van der Waals surface area contributed by atoms with Crippen LogP contribution in [0.3, 0.4) is 0 Å². The molecule has 1 atom stereocenters. The molecule has 1 N–H and O–H groups in total. The lowest BCUT2D eigenvalue weighted by Crippen LogP contribution is -2.08. The van der Waals surface area contributed by atoms with Crippen molar-refractivity contribution >= 4 is 29.3 Å². The van der Waals surface area contributed by atoms with Crippen molar-refractivity contribution in [2.45, 2.75) is 26.2 Å². The van der Waals surface area contributed by atoms with Crippen molar-refractivity contribution < 1.29 is 14.3 Å². The summed E-state index contributed by atoms with van der Waals surface area (Å²) < 4.78 is 5.66. The number of aryl methyl sites for hydroxylation is 1. The Morgan fingerprint density at radius 3 is 2.65 bits per heavy atom. The van der Waals surface area contributed by atoms with E-state index in [1.807, 2.05) is 31.2 Å². The highest BCUT2D eigenvalue weighted by Crippen LogP contribution is 2.32. The number of para-hydroxylation sites is 1. The van der Waals surface area contributed by atoms with E-state index in [1.165, 1.54) is 0 Å². The first-order valence-corrected chi connectivity index (χ1v) is 5.38. The van der Waals surface area contributed by atoms with Crippen LogP contribution in [0.2, 0.25) is 0 Å². The minimum atomic E-state index is -0.818. The number of hydrogen-bond acceptors (Lipinski definition) is 2. The van der Waals surface area contributed by atoms with E-state index in [0.717, 1.165) is 22.3 Å². The smallest absolute Gasteiger partial charge is 0.310 e. The lowest BCUT2D eigenvalue weighted by atomic mass is 9.97. The van der Waals surface area contributed by atoms with Gasteiger partial charge >= 0.3 is 5.97 Å². The molecule has 0 aliphatic carbocycles. The number of carboxylic acids is 1. The molecular formula is C13H15ClO3. The molecule has 3 nitrogen and oxygen atoms in total. The van der Waals surface area contributed by atoms with Crippen LogP contribution < -0.4 is 0 Å². The molecule has 2 aromatic rings. The molecule has 2 rings (SSSR count). The SMILES string of the molecule is CCc1oc2ccccc2c1C(C)C(=O)O.Cl. The molecule has 1 aromatic heterocycles. The van der Waals surface area contributed by atoms with Gasteiger partial charge in [-0.3, -0.25) is 4.79 Å². The number of halogens is 1. The van der Waals surface area contributed by atoms with Gasteiger partial charge in [-0.2, -0.15) is 0 Å². The molecular weight excluding hydrogens is 240 g/mol. The number of carbonyl (C=O) groups is 1. The molecule has 0 aliphatic heterocycles. The Balaban J connectivity index is 0.00000144. The molecule has 1 aromatic carbocycles. The van der Waals surface area contributed by atoms with Gasteiger partial charge in [0.15, 0.2) is 0 Å². The van der Waals surface area contributed by atoms with Crippen molar-refractivity contribution in [1.82, 2.24) is 0 Å². The Labute approximate surface area is 106 Å². The van der Waals surface area contributed by atoms with Crippen molar-refractivity contribution in [2.24, 2.45) is 0 Å². The van der Waals surface area contributed by atoms with E-state index in [1.54, 1.807) is 6.92 Å². The molecule has 1 heterocycles. The van der Waals surface area contributed by atoms with Crippen molar-refractivity contribution in [2.75, 3.05) is 0 Å². The summed E-state index contributed by atoms with van der Waals surface area (Å²) in [6.45, 7) is 3.66. The van der Waals surface area contributed by atoms with Gasteiger partial charge in [-0.1, -0.05) is 25.1 Å². The highest BCUT2D eigenvalue weighted by atomic mass is 35.5. The second-order valence-corrected chi connectivity index (χ2v) is 3.85. The summed E-state index contributed by atoms with van der Waals surface area (Å²) >= 11 is 0. The number of aliphatic carboxylic acids is 1. The van der Waals surface area contributed by atoms with E-state index in [2.05, 4.69) is 0 Å². The third-order valence-electron chi connectivity index (χ3n) is 2.84. The monoisotopic (exact) mass is 254 g/mol. The summed E-state index contributed by atoms with van der Waals surface area (Å²) in [5, 5.41) is 10.0. The molecule has 0 radical (unpaired) electrons. The van der Waals surface area contributed by atoms with Crippen LogP contribution in [0.15, 0.2) is 28.7 Å². The fourth-order valence-corrected chi connectivity index (χ4v) is 1.98. The number of fused-ring (bicyclic) bond motifs is 1. The fraction of sp³-hybridized carbons (Fsp3) is 0.308. The summed E-state index contributed by atoms with van der Waals surface area (Å²) in [5.74, 6) is -0.573. The first kappa shape index (κ1) is 13.6. The van der Waals surface area contributed by atoms with E-state index in [4.69, 9.17) is 9.52 Å². The first-order valence-electron chi connectivity index (χ1n) is 5.38. The minimum Gasteiger partial charge on any atom is -0.481 e. The zero-order valence-electron chi connectivity index (χ0n) is 9.77. The van der Waals surface area contributed by atoms with Crippen molar-refractivity contribution in [3.05, 3.63) is 35.6 Å². The van der Waals surface area contributed by atoms with Gasteiger partial charge in [0.1, 0.15) is 11.3 Å². The zero-order chi connectivity index (χ0) is 11.7. The van der Waals surface area contributed by atoms with Gasteiger partial charge in [0.05, 0.1) is 5.92 Å². The maximum absolute atomic E-state index is 11.1. The summed E-state index contributed by atoms with van der Waals surface area (Å²) in [7, 11) is 0.